The van der Waals surface area contributed by atoms with Gasteiger partial charge in [0, 0.05) is 25.2 Å². The Hall–Kier alpha value is -0.570. The summed E-state index contributed by atoms with van der Waals surface area (Å²) in [5, 5.41) is 1.57. The lowest BCUT2D eigenvalue weighted by Gasteiger charge is -2.23. The molecule has 0 amide bonds. The average Bonchev–Trinajstić information content (AvgIpc) is 2.73. The molecule has 0 saturated heterocycles. The molecule has 27 heavy (non-hydrogen) atoms. The first kappa shape index (κ1) is 21.1. The van der Waals surface area contributed by atoms with Gasteiger partial charge < -0.3 is 4.90 Å². The predicted octanol–water partition coefficient (Wildman–Crippen LogP) is 4.58. The third-order valence-electron chi connectivity index (χ3n) is 5.47. The van der Waals surface area contributed by atoms with Crippen molar-refractivity contribution in [1.82, 2.24) is 24.4 Å². The highest BCUT2D eigenvalue weighted by molar-refractivity contribution is 7.97. The molecule has 1 aromatic rings. The van der Waals surface area contributed by atoms with Gasteiger partial charge in [0.15, 0.2) is 0 Å². The molecule has 3 rings (SSSR count). The van der Waals surface area contributed by atoms with Gasteiger partial charge >= 0.3 is 0 Å². The van der Waals surface area contributed by atoms with Crippen LogP contribution in [0.5, 0.6) is 0 Å². The van der Waals surface area contributed by atoms with Crippen LogP contribution in [-0.4, -0.2) is 40.1 Å². The van der Waals surface area contributed by atoms with Crippen molar-refractivity contribution in [3.63, 3.8) is 0 Å². The normalized spacial score (nSPS) is 19.3. The first-order chi connectivity index (χ1) is 13.3. The van der Waals surface area contributed by atoms with E-state index in [1.165, 1.54) is 64.2 Å². The molecule has 152 valence electrons. The van der Waals surface area contributed by atoms with Crippen molar-refractivity contribution < 1.29 is 0 Å². The van der Waals surface area contributed by atoms with E-state index >= 15 is 0 Å². The van der Waals surface area contributed by atoms with E-state index in [0.717, 1.165) is 29.4 Å². The fourth-order valence-corrected chi connectivity index (χ4v) is 5.37. The van der Waals surface area contributed by atoms with Crippen LogP contribution in [0.15, 0.2) is 10.3 Å². The van der Waals surface area contributed by atoms with Gasteiger partial charge in [-0.25, -0.2) is 0 Å². The van der Waals surface area contributed by atoms with Gasteiger partial charge in [0.1, 0.15) is 0 Å². The molecule has 2 N–H and O–H groups in total. The number of nitrogens with zero attached hydrogens (tertiary/aromatic N) is 4. The van der Waals surface area contributed by atoms with Crippen molar-refractivity contribution >= 4 is 29.8 Å². The molecule has 0 radical (unpaired) electrons. The number of aromatic nitrogens is 3. The third-order valence-corrected chi connectivity index (χ3v) is 7.11. The molecule has 0 atom stereocenters. The summed E-state index contributed by atoms with van der Waals surface area (Å²) in [6.07, 6.45) is 13.1. The Morgan fingerprint density at radius 1 is 0.741 bits per heavy atom. The lowest BCUT2D eigenvalue weighted by atomic mass is 9.96. The second-order valence-corrected chi connectivity index (χ2v) is 9.09. The minimum Gasteiger partial charge on any atom is -0.341 e. The SMILES string of the molecule is CCN(CC)c1nc(SNC2CCCCC2)nc(SNC2CCCCC2)n1. The summed E-state index contributed by atoms with van der Waals surface area (Å²) in [5.74, 6) is 0.788. The van der Waals surface area contributed by atoms with Gasteiger partial charge in [0.05, 0.1) is 0 Å². The second kappa shape index (κ2) is 11.4. The first-order valence-electron chi connectivity index (χ1n) is 10.6. The fourth-order valence-electron chi connectivity index (χ4n) is 3.78. The molecule has 8 heteroatoms. The molecule has 0 aromatic carbocycles. The van der Waals surface area contributed by atoms with Crippen molar-refractivity contribution in [1.29, 1.82) is 0 Å². The fraction of sp³-hybridized carbons (Fsp3) is 0.842. The zero-order chi connectivity index (χ0) is 18.9. The van der Waals surface area contributed by atoms with Crippen LogP contribution in [0, 0.1) is 0 Å². The number of anilines is 1. The average molecular weight is 411 g/mol. The molecule has 2 saturated carbocycles. The molecular formula is C19H34N6S2. The van der Waals surface area contributed by atoms with Gasteiger partial charge in [-0.05, 0) is 63.4 Å². The Morgan fingerprint density at radius 2 is 1.19 bits per heavy atom. The minimum absolute atomic E-state index is 0.578. The molecule has 2 aliphatic carbocycles. The van der Waals surface area contributed by atoms with E-state index in [-0.39, 0.29) is 0 Å². The van der Waals surface area contributed by atoms with Gasteiger partial charge in [0.25, 0.3) is 0 Å². The molecule has 0 unspecified atom stereocenters. The van der Waals surface area contributed by atoms with Crippen molar-refractivity contribution in [2.75, 3.05) is 18.0 Å². The van der Waals surface area contributed by atoms with Crippen LogP contribution >= 0.6 is 23.9 Å². The standard InChI is InChI=1S/C19H34N6S2/c1-3-25(4-2)17-20-18(26-23-15-11-7-5-8-12-15)22-19(21-17)27-24-16-13-9-6-10-14-16/h15-16,23-24H,3-14H2,1-2H3. The van der Waals surface area contributed by atoms with Crippen LogP contribution in [0.2, 0.25) is 0 Å². The topological polar surface area (TPSA) is 66.0 Å². The minimum atomic E-state index is 0.578. The number of hydrogen-bond acceptors (Lipinski definition) is 8. The maximum atomic E-state index is 4.72. The van der Waals surface area contributed by atoms with Gasteiger partial charge in [0.2, 0.25) is 16.3 Å². The summed E-state index contributed by atoms with van der Waals surface area (Å²) in [4.78, 5) is 16.3. The summed E-state index contributed by atoms with van der Waals surface area (Å²) < 4.78 is 7.18. The van der Waals surface area contributed by atoms with Crippen LogP contribution in [0.1, 0.15) is 78.1 Å². The molecular weight excluding hydrogens is 376 g/mol. The van der Waals surface area contributed by atoms with Crippen LogP contribution < -0.4 is 14.3 Å². The summed E-state index contributed by atoms with van der Waals surface area (Å²) in [6.45, 7) is 6.10. The molecule has 2 fully saturated rings. The molecule has 1 aromatic heterocycles. The third kappa shape index (κ3) is 6.76. The van der Waals surface area contributed by atoms with E-state index < -0.39 is 0 Å². The van der Waals surface area contributed by atoms with Gasteiger partial charge in [-0.15, -0.1) is 0 Å². The zero-order valence-electron chi connectivity index (χ0n) is 16.7. The molecule has 2 aliphatic rings. The maximum absolute atomic E-state index is 4.72. The lowest BCUT2D eigenvalue weighted by molar-refractivity contribution is 0.422. The summed E-state index contributed by atoms with van der Waals surface area (Å²) in [7, 11) is 0. The largest absolute Gasteiger partial charge is 0.341 e. The van der Waals surface area contributed by atoms with Gasteiger partial charge in [-0.2, -0.15) is 15.0 Å². The Balaban J connectivity index is 1.65. The Kier molecular flexibility index (Phi) is 8.96. The monoisotopic (exact) mass is 410 g/mol. The van der Waals surface area contributed by atoms with Crippen molar-refractivity contribution in [3.8, 4) is 0 Å². The Bertz CT molecular complexity index is 517. The van der Waals surface area contributed by atoms with E-state index in [2.05, 4.69) is 28.2 Å². The van der Waals surface area contributed by atoms with E-state index in [9.17, 15) is 0 Å². The highest BCUT2D eigenvalue weighted by atomic mass is 32.2. The molecule has 1 heterocycles. The summed E-state index contributed by atoms with van der Waals surface area (Å²) >= 11 is 3.15. The van der Waals surface area contributed by atoms with Crippen LogP contribution in [0.3, 0.4) is 0 Å². The Morgan fingerprint density at radius 3 is 1.59 bits per heavy atom. The lowest BCUT2D eigenvalue weighted by Crippen LogP contribution is -2.28. The van der Waals surface area contributed by atoms with E-state index in [4.69, 9.17) is 15.0 Å². The number of rotatable bonds is 9. The highest BCUT2D eigenvalue weighted by Crippen LogP contribution is 2.25. The van der Waals surface area contributed by atoms with Crippen molar-refractivity contribution in [2.45, 2.75) is 100 Å². The molecule has 0 aliphatic heterocycles. The molecule has 0 spiro atoms. The van der Waals surface area contributed by atoms with Gasteiger partial charge in [-0.1, -0.05) is 38.5 Å². The second-order valence-electron chi connectivity index (χ2n) is 7.48. The van der Waals surface area contributed by atoms with Crippen LogP contribution in [0.4, 0.5) is 5.95 Å². The van der Waals surface area contributed by atoms with Crippen molar-refractivity contribution in [2.24, 2.45) is 0 Å². The Labute approximate surface area is 172 Å². The zero-order valence-corrected chi connectivity index (χ0v) is 18.4. The van der Waals surface area contributed by atoms with Crippen molar-refractivity contribution in [3.05, 3.63) is 0 Å². The predicted molar refractivity (Wildman–Crippen MR) is 115 cm³/mol. The van der Waals surface area contributed by atoms with E-state index in [1.807, 2.05) is 0 Å². The van der Waals surface area contributed by atoms with E-state index in [0.29, 0.717) is 12.1 Å². The van der Waals surface area contributed by atoms with Gasteiger partial charge in [-0.3, -0.25) is 9.44 Å². The molecule has 6 nitrogen and oxygen atoms in total. The number of nitrogens with one attached hydrogen (secondary N) is 2. The highest BCUT2D eigenvalue weighted by Gasteiger charge is 2.18. The first-order valence-corrected chi connectivity index (χ1v) is 12.3. The number of hydrogen-bond donors (Lipinski definition) is 2. The summed E-state index contributed by atoms with van der Waals surface area (Å²) in [5.41, 5.74) is 0. The maximum Gasteiger partial charge on any atom is 0.230 e. The molecule has 0 bridgehead atoms. The smallest absolute Gasteiger partial charge is 0.230 e. The summed E-state index contributed by atoms with van der Waals surface area (Å²) in [6, 6.07) is 1.16. The quantitative estimate of drug-likeness (QED) is 0.574. The van der Waals surface area contributed by atoms with Crippen LogP contribution in [0.25, 0.3) is 0 Å². The van der Waals surface area contributed by atoms with E-state index in [1.54, 1.807) is 23.9 Å². The van der Waals surface area contributed by atoms with Crippen LogP contribution in [-0.2, 0) is 0 Å².